The number of carbonyl (C=O) groups excluding carboxylic acids is 2. The topological polar surface area (TPSA) is 68.4 Å². The third-order valence-electron chi connectivity index (χ3n) is 4.19. The summed E-state index contributed by atoms with van der Waals surface area (Å²) in [6.45, 7) is 3.26. The second-order valence-corrected chi connectivity index (χ2v) is 5.93. The number of benzene rings is 2. The summed E-state index contributed by atoms with van der Waals surface area (Å²) < 4.78 is 24.1. The number of halogens is 1. The number of aromatic amines is 1. The van der Waals surface area contributed by atoms with Crippen LogP contribution < -0.4 is 4.74 Å². The van der Waals surface area contributed by atoms with Crippen LogP contribution in [0.5, 0.6) is 5.75 Å². The molecule has 26 heavy (non-hydrogen) atoms. The Labute approximate surface area is 149 Å². The molecule has 0 saturated heterocycles. The lowest BCUT2D eigenvalue weighted by molar-refractivity contribution is 0.0314. The van der Waals surface area contributed by atoms with E-state index >= 15 is 0 Å². The average Bonchev–Trinajstić information content (AvgIpc) is 2.96. The van der Waals surface area contributed by atoms with Crippen molar-refractivity contribution in [3.8, 4) is 5.75 Å². The molecule has 1 aromatic heterocycles. The highest BCUT2D eigenvalue weighted by atomic mass is 19.1. The lowest BCUT2D eigenvalue weighted by atomic mass is 10.0. The number of aromatic nitrogens is 1. The van der Waals surface area contributed by atoms with Crippen molar-refractivity contribution >= 4 is 22.7 Å². The number of ether oxygens (including phenoxy) is 2. The van der Waals surface area contributed by atoms with Gasteiger partial charge in [-0.3, -0.25) is 4.79 Å². The molecule has 0 unspecified atom stereocenters. The molecular formula is C20H18FNO4. The summed E-state index contributed by atoms with van der Waals surface area (Å²) >= 11 is 0. The van der Waals surface area contributed by atoms with Gasteiger partial charge < -0.3 is 14.5 Å². The minimum atomic E-state index is -1.05. The Bertz CT molecular complexity index is 993. The monoisotopic (exact) mass is 355 g/mol. The number of carbonyl (C=O) groups is 2. The Balaban J connectivity index is 1.83. The molecule has 3 aromatic rings. The third kappa shape index (κ3) is 3.18. The largest absolute Gasteiger partial charge is 0.497 e. The molecule has 1 heterocycles. The van der Waals surface area contributed by atoms with E-state index in [1.807, 2.05) is 24.3 Å². The zero-order valence-corrected chi connectivity index (χ0v) is 14.6. The maximum Gasteiger partial charge on any atom is 0.341 e. The maximum atomic E-state index is 14.0. The molecule has 0 aliphatic rings. The molecule has 5 nitrogen and oxygen atoms in total. The lowest BCUT2D eigenvalue weighted by Crippen LogP contribution is -2.25. The van der Waals surface area contributed by atoms with Crippen LogP contribution in [0.3, 0.4) is 0 Å². The number of aryl methyl sites for hydroxylation is 1. The molecule has 0 aliphatic carbocycles. The quantitative estimate of drug-likeness (QED) is 0.554. The van der Waals surface area contributed by atoms with Gasteiger partial charge in [-0.15, -0.1) is 0 Å². The van der Waals surface area contributed by atoms with E-state index in [0.29, 0.717) is 11.3 Å². The first-order valence-corrected chi connectivity index (χ1v) is 8.08. The number of esters is 1. The van der Waals surface area contributed by atoms with E-state index in [4.69, 9.17) is 9.47 Å². The molecule has 2 aromatic carbocycles. The van der Waals surface area contributed by atoms with Crippen LogP contribution in [0.1, 0.15) is 33.3 Å². The standard InChI is InChI=1S/C20H18FNO4/c1-11-18(15-6-4-5-7-17(15)22-11)19(23)12(2)26-20(24)14-9-8-13(25-3)10-16(14)21/h4-10,12,22H,1-3H3/t12-/m1/s1. The highest BCUT2D eigenvalue weighted by Crippen LogP contribution is 2.24. The van der Waals surface area contributed by atoms with Gasteiger partial charge in [-0.05, 0) is 32.0 Å². The van der Waals surface area contributed by atoms with Crippen LogP contribution in [0.2, 0.25) is 0 Å². The van der Waals surface area contributed by atoms with Crippen molar-refractivity contribution in [1.82, 2.24) is 4.98 Å². The second kappa shape index (κ2) is 7.00. The van der Waals surface area contributed by atoms with Gasteiger partial charge in [-0.2, -0.15) is 0 Å². The van der Waals surface area contributed by atoms with Crippen molar-refractivity contribution < 1.29 is 23.5 Å². The van der Waals surface area contributed by atoms with Crippen molar-refractivity contribution in [3.05, 3.63) is 65.1 Å². The molecule has 1 N–H and O–H groups in total. The summed E-state index contributed by atoms with van der Waals surface area (Å²) in [5, 5.41) is 0.758. The summed E-state index contributed by atoms with van der Waals surface area (Å²) in [5.74, 6) is -1.72. The number of ketones is 1. The van der Waals surface area contributed by atoms with Gasteiger partial charge in [-0.25, -0.2) is 9.18 Å². The number of Topliss-reactive ketones (excluding diaryl/α,β-unsaturated/α-hetero) is 1. The van der Waals surface area contributed by atoms with E-state index in [-0.39, 0.29) is 17.1 Å². The summed E-state index contributed by atoms with van der Waals surface area (Å²) in [7, 11) is 1.40. The SMILES string of the molecule is COc1ccc(C(=O)O[C@H](C)C(=O)c2c(C)[nH]c3ccccc23)c(F)c1. The Hall–Kier alpha value is -3.15. The van der Waals surface area contributed by atoms with Crippen molar-refractivity contribution in [1.29, 1.82) is 0 Å². The smallest absolute Gasteiger partial charge is 0.341 e. The van der Waals surface area contributed by atoms with Crippen molar-refractivity contribution in [3.63, 3.8) is 0 Å². The van der Waals surface area contributed by atoms with E-state index < -0.39 is 17.9 Å². The third-order valence-corrected chi connectivity index (χ3v) is 4.19. The fraction of sp³-hybridized carbons (Fsp3) is 0.200. The van der Waals surface area contributed by atoms with Crippen LogP contribution in [-0.4, -0.2) is 30.0 Å². The van der Waals surface area contributed by atoms with Gasteiger partial charge in [0, 0.05) is 28.2 Å². The predicted molar refractivity (Wildman–Crippen MR) is 95.2 cm³/mol. The predicted octanol–water partition coefficient (Wildman–Crippen LogP) is 4.05. The van der Waals surface area contributed by atoms with E-state index in [1.165, 1.54) is 26.2 Å². The Kier molecular flexibility index (Phi) is 4.75. The van der Waals surface area contributed by atoms with E-state index in [2.05, 4.69) is 4.98 Å². The molecule has 0 fully saturated rings. The first-order chi connectivity index (χ1) is 12.4. The fourth-order valence-electron chi connectivity index (χ4n) is 2.86. The van der Waals surface area contributed by atoms with Crippen LogP contribution >= 0.6 is 0 Å². The van der Waals surface area contributed by atoms with Crippen LogP contribution in [0.15, 0.2) is 42.5 Å². The molecule has 6 heteroatoms. The molecular weight excluding hydrogens is 337 g/mol. The molecule has 0 saturated carbocycles. The molecule has 0 bridgehead atoms. The van der Waals surface area contributed by atoms with Gasteiger partial charge in [0.15, 0.2) is 6.10 Å². The number of rotatable bonds is 5. The summed E-state index contributed by atoms with van der Waals surface area (Å²) in [6.07, 6.45) is -1.05. The first kappa shape index (κ1) is 17.7. The zero-order chi connectivity index (χ0) is 18.8. The first-order valence-electron chi connectivity index (χ1n) is 8.08. The highest BCUT2D eigenvalue weighted by molar-refractivity contribution is 6.11. The Morgan fingerprint density at radius 3 is 2.58 bits per heavy atom. The zero-order valence-electron chi connectivity index (χ0n) is 14.6. The molecule has 0 aliphatic heterocycles. The van der Waals surface area contributed by atoms with E-state index in [0.717, 1.165) is 17.0 Å². The van der Waals surface area contributed by atoms with E-state index in [1.54, 1.807) is 6.92 Å². The number of para-hydroxylation sites is 1. The molecule has 0 spiro atoms. The molecule has 0 radical (unpaired) electrons. The van der Waals surface area contributed by atoms with Gasteiger partial charge in [0.2, 0.25) is 5.78 Å². The van der Waals surface area contributed by atoms with Crippen LogP contribution in [-0.2, 0) is 4.74 Å². The number of nitrogens with one attached hydrogen (secondary N) is 1. The number of hydrogen-bond acceptors (Lipinski definition) is 4. The van der Waals surface area contributed by atoms with Gasteiger partial charge >= 0.3 is 5.97 Å². The second-order valence-electron chi connectivity index (χ2n) is 5.93. The van der Waals surface area contributed by atoms with Gasteiger partial charge in [0.05, 0.1) is 12.7 Å². The van der Waals surface area contributed by atoms with Gasteiger partial charge in [0.25, 0.3) is 0 Å². The minimum absolute atomic E-state index is 0.249. The Morgan fingerprint density at radius 2 is 1.88 bits per heavy atom. The number of hydrogen-bond donors (Lipinski definition) is 1. The molecule has 3 rings (SSSR count). The van der Waals surface area contributed by atoms with Crippen molar-refractivity contribution in [2.24, 2.45) is 0 Å². The van der Waals surface area contributed by atoms with Gasteiger partial charge in [0.1, 0.15) is 11.6 Å². The molecule has 1 atom stereocenters. The van der Waals surface area contributed by atoms with Crippen molar-refractivity contribution in [2.45, 2.75) is 20.0 Å². The van der Waals surface area contributed by atoms with Crippen LogP contribution in [0.4, 0.5) is 4.39 Å². The van der Waals surface area contributed by atoms with Crippen molar-refractivity contribution in [2.75, 3.05) is 7.11 Å². The highest BCUT2D eigenvalue weighted by Gasteiger charge is 2.26. The number of fused-ring (bicyclic) bond motifs is 1. The number of methoxy groups -OCH3 is 1. The maximum absolute atomic E-state index is 14.0. The summed E-state index contributed by atoms with van der Waals surface area (Å²) in [4.78, 5) is 28.2. The minimum Gasteiger partial charge on any atom is -0.497 e. The Morgan fingerprint density at radius 1 is 1.15 bits per heavy atom. The van der Waals surface area contributed by atoms with Crippen LogP contribution in [0, 0.1) is 12.7 Å². The van der Waals surface area contributed by atoms with Crippen LogP contribution in [0.25, 0.3) is 10.9 Å². The van der Waals surface area contributed by atoms with E-state index in [9.17, 15) is 14.0 Å². The van der Waals surface area contributed by atoms with Gasteiger partial charge in [-0.1, -0.05) is 18.2 Å². The summed E-state index contributed by atoms with van der Waals surface area (Å²) in [6, 6.07) is 11.2. The normalized spacial score (nSPS) is 12.0. The molecule has 0 amide bonds. The fourth-order valence-corrected chi connectivity index (χ4v) is 2.86. The number of H-pyrrole nitrogens is 1. The summed E-state index contributed by atoms with van der Waals surface area (Å²) in [5.41, 5.74) is 1.74. The average molecular weight is 355 g/mol. The molecule has 134 valence electrons. The lowest BCUT2D eigenvalue weighted by Gasteiger charge is -2.13.